The van der Waals surface area contributed by atoms with Crippen LogP contribution in [0.5, 0.6) is 0 Å². The molecule has 0 amide bonds. The number of hydrogen-bond acceptors (Lipinski definition) is 4. The molecule has 2 aromatic rings. The van der Waals surface area contributed by atoms with E-state index >= 15 is 0 Å². The van der Waals surface area contributed by atoms with Crippen LogP contribution in [0.2, 0.25) is 0 Å². The normalized spacial score (nSPS) is 21.3. The molecular weight excluding hydrogens is 238 g/mol. The van der Waals surface area contributed by atoms with Gasteiger partial charge in [0, 0.05) is 6.04 Å². The fourth-order valence-corrected chi connectivity index (χ4v) is 2.91. The lowest BCUT2D eigenvalue weighted by atomic mass is 10.00. The molecule has 1 aliphatic heterocycles. The van der Waals surface area contributed by atoms with Gasteiger partial charge in [-0.1, -0.05) is 6.42 Å². The van der Waals surface area contributed by atoms with Gasteiger partial charge in [-0.25, -0.2) is 9.50 Å². The summed E-state index contributed by atoms with van der Waals surface area (Å²) in [6.07, 6.45) is 5.50. The second-order valence-corrected chi connectivity index (χ2v) is 5.58. The predicted molar refractivity (Wildman–Crippen MR) is 75.8 cm³/mol. The molecule has 0 radical (unpaired) electrons. The number of anilines is 1. The van der Waals surface area contributed by atoms with Gasteiger partial charge in [0.2, 0.25) is 0 Å². The number of nitrogen functional groups attached to an aromatic ring is 1. The summed E-state index contributed by atoms with van der Waals surface area (Å²) in [4.78, 5) is 7.17. The summed E-state index contributed by atoms with van der Waals surface area (Å²) in [6.45, 7) is 5.62. The van der Waals surface area contributed by atoms with Crippen LogP contribution in [0.4, 0.5) is 5.69 Å². The van der Waals surface area contributed by atoms with Gasteiger partial charge in [-0.3, -0.25) is 4.90 Å². The molecule has 102 valence electrons. The quantitative estimate of drug-likeness (QED) is 0.898. The lowest BCUT2D eigenvalue weighted by molar-refractivity contribution is 0.106. The summed E-state index contributed by atoms with van der Waals surface area (Å²) < 4.78 is 1.79. The molecule has 0 spiro atoms. The fourth-order valence-electron chi connectivity index (χ4n) is 2.91. The number of nitrogens with zero attached hydrogens (tertiary/aromatic N) is 4. The summed E-state index contributed by atoms with van der Waals surface area (Å²) in [7, 11) is 0. The minimum atomic E-state index is 0.342. The fraction of sp³-hybridized carbons (Fsp3) is 0.571. The van der Waals surface area contributed by atoms with Gasteiger partial charge in [0.25, 0.3) is 0 Å². The monoisotopic (exact) mass is 259 g/mol. The number of nitrogens with two attached hydrogens (primary N) is 1. The zero-order valence-electron chi connectivity index (χ0n) is 11.6. The van der Waals surface area contributed by atoms with Crippen molar-refractivity contribution < 1.29 is 0 Å². The van der Waals surface area contributed by atoms with Crippen molar-refractivity contribution in [1.82, 2.24) is 19.5 Å². The first-order chi connectivity index (χ1) is 9.15. The third-order valence-corrected chi connectivity index (χ3v) is 3.88. The lowest BCUT2D eigenvalue weighted by Gasteiger charge is -2.36. The molecule has 1 saturated heterocycles. The van der Waals surface area contributed by atoms with Crippen LogP contribution in [0.3, 0.4) is 0 Å². The van der Waals surface area contributed by atoms with Gasteiger partial charge in [0.1, 0.15) is 0 Å². The van der Waals surface area contributed by atoms with Crippen molar-refractivity contribution in [2.24, 2.45) is 0 Å². The van der Waals surface area contributed by atoms with Gasteiger partial charge >= 0.3 is 0 Å². The van der Waals surface area contributed by atoms with E-state index in [4.69, 9.17) is 5.73 Å². The van der Waals surface area contributed by atoms with Crippen LogP contribution < -0.4 is 5.73 Å². The van der Waals surface area contributed by atoms with Crippen LogP contribution in [0, 0.1) is 0 Å². The molecule has 3 heterocycles. The average Bonchev–Trinajstić information content (AvgIpc) is 2.81. The van der Waals surface area contributed by atoms with E-state index in [-0.39, 0.29) is 0 Å². The van der Waals surface area contributed by atoms with Crippen molar-refractivity contribution in [3.63, 3.8) is 0 Å². The summed E-state index contributed by atoms with van der Waals surface area (Å²) in [6, 6.07) is 4.67. The van der Waals surface area contributed by atoms with E-state index in [0.29, 0.717) is 17.8 Å². The molecule has 2 aromatic heterocycles. The molecule has 1 aliphatic rings. The van der Waals surface area contributed by atoms with E-state index in [0.717, 1.165) is 24.4 Å². The van der Waals surface area contributed by atoms with E-state index in [2.05, 4.69) is 28.8 Å². The van der Waals surface area contributed by atoms with Crippen molar-refractivity contribution in [3.8, 4) is 0 Å². The number of piperidine rings is 1. The maximum Gasteiger partial charge on any atom is 0.168 e. The van der Waals surface area contributed by atoms with Gasteiger partial charge in [-0.15, -0.1) is 5.10 Å². The van der Waals surface area contributed by atoms with Crippen molar-refractivity contribution in [1.29, 1.82) is 0 Å². The Morgan fingerprint density at radius 1 is 1.32 bits per heavy atom. The van der Waals surface area contributed by atoms with Crippen LogP contribution in [0.25, 0.3) is 5.65 Å². The Morgan fingerprint density at radius 2 is 2.16 bits per heavy atom. The Morgan fingerprint density at radius 3 is 2.95 bits per heavy atom. The molecule has 0 saturated carbocycles. The van der Waals surface area contributed by atoms with Crippen LogP contribution >= 0.6 is 0 Å². The second kappa shape index (κ2) is 4.81. The number of pyridine rings is 1. The van der Waals surface area contributed by atoms with Crippen molar-refractivity contribution in [2.45, 2.75) is 45.2 Å². The number of likely N-dealkylation sites (tertiary alicyclic amines) is 1. The highest BCUT2D eigenvalue weighted by Gasteiger charge is 2.28. The highest BCUT2D eigenvalue weighted by Crippen LogP contribution is 2.30. The molecule has 1 unspecified atom stereocenters. The van der Waals surface area contributed by atoms with E-state index in [1.807, 2.05) is 18.3 Å². The van der Waals surface area contributed by atoms with E-state index in [1.54, 1.807) is 4.52 Å². The number of hydrogen-bond donors (Lipinski definition) is 1. The summed E-state index contributed by atoms with van der Waals surface area (Å²) in [5.74, 6) is 0.930. The summed E-state index contributed by atoms with van der Waals surface area (Å²) in [5, 5.41) is 4.61. The maximum absolute atomic E-state index is 5.79. The van der Waals surface area contributed by atoms with Crippen molar-refractivity contribution in [3.05, 3.63) is 24.2 Å². The molecule has 0 bridgehead atoms. The zero-order chi connectivity index (χ0) is 13.4. The Balaban J connectivity index is 1.97. The van der Waals surface area contributed by atoms with Crippen LogP contribution in [-0.2, 0) is 0 Å². The first-order valence-corrected chi connectivity index (χ1v) is 7.02. The lowest BCUT2D eigenvalue weighted by Crippen LogP contribution is -2.39. The number of aromatic nitrogens is 3. The molecule has 1 atom stereocenters. The van der Waals surface area contributed by atoms with E-state index in [9.17, 15) is 0 Å². The Bertz CT molecular complexity index is 574. The van der Waals surface area contributed by atoms with Gasteiger partial charge in [-0.2, -0.15) is 0 Å². The zero-order valence-corrected chi connectivity index (χ0v) is 11.6. The molecule has 5 heteroatoms. The third kappa shape index (κ3) is 2.30. The highest BCUT2D eigenvalue weighted by molar-refractivity contribution is 5.46. The van der Waals surface area contributed by atoms with Crippen LogP contribution in [0.15, 0.2) is 18.3 Å². The third-order valence-electron chi connectivity index (χ3n) is 3.88. The highest BCUT2D eigenvalue weighted by atomic mass is 15.3. The molecule has 1 fully saturated rings. The standard InChI is InChI=1S/C14H21N5/c1-10(2)18-8-4-3-5-12(18)14-16-13-7-6-11(15)9-19(13)17-14/h6-7,9-10,12H,3-5,8,15H2,1-2H3. The minimum Gasteiger partial charge on any atom is -0.397 e. The van der Waals surface area contributed by atoms with Gasteiger partial charge in [0.15, 0.2) is 11.5 Å². The van der Waals surface area contributed by atoms with Gasteiger partial charge < -0.3 is 5.73 Å². The van der Waals surface area contributed by atoms with E-state index < -0.39 is 0 Å². The smallest absolute Gasteiger partial charge is 0.168 e. The van der Waals surface area contributed by atoms with Crippen molar-refractivity contribution >= 4 is 11.3 Å². The number of rotatable bonds is 2. The topological polar surface area (TPSA) is 59.5 Å². The largest absolute Gasteiger partial charge is 0.397 e. The molecule has 5 nitrogen and oxygen atoms in total. The predicted octanol–water partition coefficient (Wildman–Crippen LogP) is 2.25. The summed E-state index contributed by atoms with van der Waals surface area (Å²) >= 11 is 0. The first-order valence-electron chi connectivity index (χ1n) is 7.02. The van der Waals surface area contributed by atoms with E-state index in [1.165, 1.54) is 12.8 Å². The Labute approximate surface area is 113 Å². The van der Waals surface area contributed by atoms with Crippen LogP contribution in [0.1, 0.15) is 45.0 Å². The molecule has 2 N–H and O–H groups in total. The molecular formula is C14H21N5. The maximum atomic E-state index is 5.79. The van der Waals surface area contributed by atoms with Gasteiger partial charge in [0.05, 0.1) is 17.9 Å². The average molecular weight is 259 g/mol. The minimum absolute atomic E-state index is 0.342. The molecule has 19 heavy (non-hydrogen) atoms. The van der Waals surface area contributed by atoms with Crippen LogP contribution in [-0.4, -0.2) is 32.1 Å². The molecule has 3 rings (SSSR count). The second-order valence-electron chi connectivity index (χ2n) is 5.58. The van der Waals surface area contributed by atoms with Gasteiger partial charge in [-0.05, 0) is 45.4 Å². The molecule has 0 aromatic carbocycles. The SMILES string of the molecule is CC(C)N1CCCCC1c1nc2ccc(N)cn2n1. The molecule has 0 aliphatic carbocycles. The number of fused-ring (bicyclic) bond motifs is 1. The first kappa shape index (κ1) is 12.4. The Hall–Kier alpha value is -1.62. The van der Waals surface area contributed by atoms with Crippen molar-refractivity contribution in [2.75, 3.05) is 12.3 Å². The summed E-state index contributed by atoms with van der Waals surface area (Å²) in [5.41, 5.74) is 7.38. The Kier molecular flexibility index (Phi) is 3.14.